The highest BCUT2D eigenvalue weighted by molar-refractivity contribution is 5.92. The topological polar surface area (TPSA) is 62.6 Å². The molecule has 168 valence electrons. The number of fused-ring (bicyclic) bond motifs is 2. The predicted octanol–water partition coefficient (Wildman–Crippen LogP) is 5.03. The SMILES string of the molecule is CC(C)CN1CCC(C#Cc2nc3ccc(-c4ccnc5[nH]ccc45)nc3n2C2CC2)CC1. The minimum Gasteiger partial charge on any atom is -0.346 e. The van der Waals surface area contributed by atoms with Gasteiger partial charge in [0.05, 0.1) is 5.69 Å². The van der Waals surface area contributed by atoms with Gasteiger partial charge in [0.15, 0.2) is 11.5 Å². The lowest BCUT2D eigenvalue weighted by atomic mass is 9.97. The summed E-state index contributed by atoms with van der Waals surface area (Å²) in [5.41, 5.74) is 4.81. The van der Waals surface area contributed by atoms with Crippen molar-refractivity contribution in [3.05, 3.63) is 42.5 Å². The fourth-order valence-corrected chi connectivity index (χ4v) is 5.02. The lowest BCUT2D eigenvalue weighted by Crippen LogP contribution is -2.35. The Morgan fingerprint density at radius 3 is 2.70 bits per heavy atom. The molecule has 1 aliphatic heterocycles. The molecule has 6 heteroatoms. The van der Waals surface area contributed by atoms with E-state index in [1.807, 2.05) is 18.5 Å². The molecule has 2 aliphatic rings. The van der Waals surface area contributed by atoms with Crippen LogP contribution in [-0.2, 0) is 0 Å². The van der Waals surface area contributed by atoms with Crippen LogP contribution in [0.25, 0.3) is 33.5 Å². The van der Waals surface area contributed by atoms with Crippen molar-refractivity contribution < 1.29 is 0 Å². The Bertz CT molecular complexity index is 1360. The highest BCUT2D eigenvalue weighted by Gasteiger charge is 2.29. The van der Waals surface area contributed by atoms with E-state index in [1.165, 1.54) is 19.4 Å². The van der Waals surface area contributed by atoms with E-state index < -0.39 is 0 Å². The summed E-state index contributed by atoms with van der Waals surface area (Å²) in [6.45, 7) is 8.09. The Balaban J connectivity index is 1.31. The number of aromatic nitrogens is 5. The van der Waals surface area contributed by atoms with Crippen LogP contribution in [0.4, 0.5) is 0 Å². The van der Waals surface area contributed by atoms with Crippen LogP contribution < -0.4 is 0 Å². The van der Waals surface area contributed by atoms with Crippen LogP contribution in [0.1, 0.15) is 51.4 Å². The van der Waals surface area contributed by atoms with Crippen LogP contribution in [-0.4, -0.2) is 49.0 Å². The standard InChI is InChI=1S/C27H30N6/c1-18(2)17-32-15-11-19(12-16-32)3-8-25-30-24-7-6-23(31-27(24)33(25)20-4-5-20)21-9-13-28-26-22(21)10-14-29-26/h6-7,9-10,13-14,18-20H,4-5,11-12,15-17H2,1-2H3,(H,28,29). The molecule has 2 fully saturated rings. The third-order valence-electron chi connectivity index (χ3n) is 6.78. The molecule has 0 amide bonds. The van der Waals surface area contributed by atoms with Crippen molar-refractivity contribution in [2.75, 3.05) is 19.6 Å². The van der Waals surface area contributed by atoms with Crippen molar-refractivity contribution in [2.45, 2.75) is 45.6 Å². The number of rotatable bonds is 4. The normalized spacial score (nSPS) is 17.7. The molecule has 0 atom stereocenters. The minimum atomic E-state index is 0.461. The molecule has 1 aliphatic carbocycles. The largest absolute Gasteiger partial charge is 0.346 e. The van der Waals surface area contributed by atoms with Gasteiger partial charge in [0.2, 0.25) is 0 Å². The first-order valence-electron chi connectivity index (χ1n) is 12.2. The average Bonchev–Trinajstić information content (AvgIpc) is 3.41. The highest BCUT2D eigenvalue weighted by Crippen LogP contribution is 2.39. The number of likely N-dealkylation sites (tertiary alicyclic amines) is 1. The Labute approximate surface area is 194 Å². The van der Waals surface area contributed by atoms with E-state index in [0.29, 0.717) is 12.0 Å². The maximum Gasteiger partial charge on any atom is 0.187 e. The van der Waals surface area contributed by atoms with E-state index in [1.54, 1.807) is 0 Å². The van der Waals surface area contributed by atoms with E-state index in [9.17, 15) is 0 Å². The molecule has 6 nitrogen and oxygen atoms in total. The lowest BCUT2D eigenvalue weighted by Gasteiger charge is -2.30. The molecule has 4 aromatic heterocycles. The first-order valence-corrected chi connectivity index (χ1v) is 12.2. The number of hydrogen-bond acceptors (Lipinski definition) is 4. The molecular weight excluding hydrogens is 408 g/mol. The van der Waals surface area contributed by atoms with Crippen molar-refractivity contribution in [1.82, 2.24) is 29.4 Å². The number of nitrogens with zero attached hydrogens (tertiary/aromatic N) is 5. The van der Waals surface area contributed by atoms with E-state index >= 15 is 0 Å². The lowest BCUT2D eigenvalue weighted by molar-refractivity contribution is 0.187. The molecule has 5 heterocycles. The van der Waals surface area contributed by atoms with Gasteiger partial charge in [-0.15, -0.1) is 0 Å². The van der Waals surface area contributed by atoms with Gasteiger partial charge in [0, 0.05) is 41.8 Å². The number of imidazole rings is 1. The highest BCUT2D eigenvalue weighted by atomic mass is 15.2. The quantitative estimate of drug-likeness (QED) is 0.454. The number of aromatic amines is 1. The molecule has 0 radical (unpaired) electrons. The van der Waals surface area contributed by atoms with Gasteiger partial charge in [-0.3, -0.25) is 4.57 Å². The van der Waals surface area contributed by atoms with E-state index in [-0.39, 0.29) is 0 Å². The molecule has 0 unspecified atom stereocenters. The second-order valence-corrected chi connectivity index (χ2v) is 9.91. The van der Waals surface area contributed by atoms with Crippen LogP contribution in [0.2, 0.25) is 0 Å². The molecule has 33 heavy (non-hydrogen) atoms. The van der Waals surface area contributed by atoms with E-state index in [2.05, 4.69) is 63.3 Å². The molecular formula is C27H30N6. The number of nitrogens with one attached hydrogen (secondary N) is 1. The Morgan fingerprint density at radius 1 is 1.06 bits per heavy atom. The maximum absolute atomic E-state index is 5.07. The van der Waals surface area contributed by atoms with Crippen molar-refractivity contribution in [3.63, 3.8) is 0 Å². The van der Waals surface area contributed by atoms with E-state index in [0.717, 1.165) is 71.1 Å². The Morgan fingerprint density at radius 2 is 1.91 bits per heavy atom. The van der Waals surface area contributed by atoms with Gasteiger partial charge in [0.1, 0.15) is 11.2 Å². The van der Waals surface area contributed by atoms with Crippen LogP contribution in [0.3, 0.4) is 0 Å². The maximum atomic E-state index is 5.07. The number of hydrogen-bond donors (Lipinski definition) is 1. The van der Waals surface area contributed by atoms with Crippen LogP contribution in [0, 0.1) is 23.7 Å². The summed E-state index contributed by atoms with van der Waals surface area (Å²) in [5.74, 6) is 9.09. The summed E-state index contributed by atoms with van der Waals surface area (Å²) in [7, 11) is 0. The summed E-state index contributed by atoms with van der Waals surface area (Å²) < 4.78 is 2.29. The third kappa shape index (κ3) is 4.02. The first kappa shape index (κ1) is 20.4. The van der Waals surface area contributed by atoms with Crippen molar-refractivity contribution in [3.8, 4) is 23.1 Å². The summed E-state index contributed by atoms with van der Waals surface area (Å²) in [6, 6.07) is 8.72. The van der Waals surface area contributed by atoms with Crippen molar-refractivity contribution >= 4 is 22.2 Å². The zero-order valence-electron chi connectivity index (χ0n) is 19.4. The fraction of sp³-hybridized carbons (Fsp3) is 0.444. The summed E-state index contributed by atoms with van der Waals surface area (Å²) in [6.07, 6.45) is 8.42. The van der Waals surface area contributed by atoms with Gasteiger partial charge >= 0.3 is 0 Å². The second-order valence-electron chi connectivity index (χ2n) is 9.91. The monoisotopic (exact) mass is 438 g/mol. The van der Waals surface area contributed by atoms with E-state index in [4.69, 9.17) is 9.97 Å². The fourth-order valence-electron chi connectivity index (χ4n) is 5.02. The molecule has 6 rings (SSSR count). The average molecular weight is 439 g/mol. The van der Waals surface area contributed by atoms with Crippen molar-refractivity contribution in [2.24, 2.45) is 11.8 Å². The predicted molar refractivity (Wildman–Crippen MR) is 132 cm³/mol. The number of pyridine rings is 2. The third-order valence-corrected chi connectivity index (χ3v) is 6.78. The molecule has 0 aromatic carbocycles. The molecule has 1 saturated carbocycles. The van der Waals surface area contributed by atoms with Crippen molar-refractivity contribution in [1.29, 1.82) is 0 Å². The van der Waals surface area contributed by atoms with Gasteiger partial charge in [-0.25, -0.2) is 15.0 Å². The number of H-pyrrole nitrogens is 1. The second kappa shape index (κ2) is 8.31. The van der Waals surface area contributed by atoms with Gasteiger partial charge in [-0.2, -0.15) is 0 Å². The smallest absolute Gasteiger partial charge is 0.187 e. The molecule has 0 spiro atoms. The van der Waals surface area contributed by atoms with Crippen LogP contribution >= 0.6 is 0 Å². The van der Waals surface area contributed by atoms with Crippen LogP contribution in [0.15, 0.2) is 36.7 Å². The van der Waals surface area contributed by atoms with Gasteiger partial charge in [0.25, 0.3) is 0 Å². The zero-order valence-corrected chi connectivity index (χ0v) is 19.4. The Hall–Kier alpha value is -3.17. The Kier molecular flexibility index (Phi) is 5.15. The van der Waals surface area contributed by atoms with Crippen LogP contribution in [0.5, 0.6) is 0 Å². The summed E-state index contributed by atoms with van der Waals surface area (Å²) in [5, 5.41) is 1.09. The zero-order chi connectivity index (χ0) is 22.4. The first-order chi connectivity index (χ1) is 16.2. The number of piperidine rings is 1. The van der Waals surface area contributed by atoms with Gasteiger partial charge < -0.3 is 9.88 Å². The molecule has 1 saturated heterocycles. The van der Waals surface area contributed by atoms with Gasteiger partial charge in [-0.05, 0) is 74.9 Å². The molecule has 4 aromatic rings. The summed E-state index contributed by atoms with van der Waals surface area (Å²) in [4.78, 5) is 20.2. The minimum absolute atomic E-state index is 0.461. The van der Waals surface area contributed by atoms with Gasteiger partial charge in [-0.1, -0.05) is 19.8 Å². The summed E-state index contributed by atoms with van der Waals surface area (Å²) >= 11 is 0. The molecule has 1 N–H and O–H groups in total. The molecule has 0 bridgehead atoms.